The van der Waals surface area contributed by atoms with Gasteiger partial charge in [-0.25, -0.2) is 9.59 Å². The first kappa shape index (κ1) is 11.1. The highest BCUT2D eigenvalue weighted by molar-refractivity contribution is 7.29. The summed E-state index contributed by atoms with van der Waals surface area (Å²) in [5.74, 6) is -2.00. The van der Waals surface area contributed by atoms with Crippen LogP contribution in [0.5, 0.6) is 0 Å². The lowest BCUT2D eigenvalue weighted by Gasteiger charge is -1.91. The third-order valence-corrected chi connectivity index (χ3v) is 4.68. The lowest BCUT2D eigenvalue weighted by atomic mass is 10.2. The van der Waals surface area contributed by atoms with E-state index in [0.29, 0.717) is 19.2 Å². The molecule has 0 fully saturated rings. The fourth-order valence-corrected chi connectivity index (χ4v) is 4.29. The van der Waals surface area contributed by atoms with Gasteiger partial charge in [0.2, 0.25) is 0 Å². The van der Waals surface area contributed by atoms with E-state index in [1.165, 1.54) is 22.7 Å². The number of fused-ring (bicyclic) bond motifs is 1. The molecule has 0 unspecified atom stereocenters. The topological polar surface area (TPSA) is 74.6 Å². The van der Waals surface area contributed by atoms with Gasteiger partial charge in [-0.1, -0.05) is 0 Å². The summed E-state index contributed by atoms with van der Waals surface area (Å²) in [4.78, 5) is 23.4. The Kier molecular flexibility index (Phi) is 2.47. The monoisotopic (exact) mass is 256 g/mol. The van der Waals surface area contributed by atoms with Gasteiger partial charge < -0.3 is 10.2 Å². The van der Waals surface area contributed by atoms with E-state index < -0.39 is 11.9 Å². The minimum Gasteiger partial charge on any atom is -0.478 e. The molecule has 0 aromatic carbocycles. The quantitative estimate of drug-likeness (QED) is 0.866. The summed E-state index contributed by atoms with van der Waals surface area (Å²) in [6.45, 7) is 3.39. The second-order valence-corrected chi connectivity index (χ2v) is 5.78. The van der Waals surface area contributed by atoms with Crippen LogP contribution in [0.4, 0.5) is 0 Å². The van der Waals surface area contributed by atoms with Crippen molar-refractivity contribution in [3.05, 3.63) is 20.9 Å². The summed E-state index contributed by atoms with van der Waals surface area (Å²) >= 11 is 2.46. The summed E-state index contributed by atoms with van der Waals surface area (Å²) in [6.07, 6.45) is 0. The summed E-state index contributed by atoms with van der Waals surface area (Å²) in [5, 5.41) is 18.1. The first-order valence-electron chi connectivity index (χ1n) is 4.42. The molecule has 0 spiro atoms. The molecule has 0 atom stereocenters. The van der Waals surface area contributed by atoms with E-state index in [1.54, 1.807) is 13.8 Å². The molecule has 0 aliphatic carbocycles. The average molecular weight is 256 g/mol. The van der Waals surface area contributed by atoms with Crippen molar-refractivity contribution in [3.8, 4) is 0 Å². The van der Waals surface area contributed by atoms with E-state index in [9.17, 15) is 9.59 Å². The summed E-state index contributed by atoms with van der Waals surface area (Å²) in [5.41, 5.74) is 0.473. The zero-order valence-corrected chi connectivity index (χ0v) is 10.2. The molecule has 2 N–H and O–H groups in total. The standard InChI is InChI=1S/C10H8O4S2/c1-3-5(9(11)12)7-8(15-3)6(10(13)14)4(2)16-7/h1-2H3,(H,11,12)(H,13,14). The minimum atomic E-state index is -0.998. The molecule has 0 aliphatic heterocycles. The van der Waals surface area contributed by atoms with E-state index in [-0.39, 0.29) is 11.1 Å². The van der Waals surface area contributed by atoms with Gasteiger partial charge in [0.25, 0.3) is 0 Å². The Morgan fingerprint density at radius 1 is 0.875 bits per heavy atom. The summed E-state index contributed by atoms with van der Waals surface area (Å²) < 4.78 is 1.15. The Hall–Kier alpha value is -1.40. The van der Waals surface area contributed by atoms with Crippen molar-refractivity contribution in [2.45, 2.75) is 13.8 Å². The van der Waals surface area contributed by atoms with Gasteiger partial charge in [-0.3, -0.25) is 0 Å². The maximum absolute atomic E-state index is 11.1. The molecule has 0 amide bonds. The maximum atomic E-state index is 11.1. The SMILES string of the molecule is Cc1sc2c(C(=O)O)c(C)sc2c1C(=O)O. The lowest BCUT2D eigenvalue weighted by molar-refractivity contribution is 0.0687. The van der Waals surface area contributed by atoms with Crippen molar-refractivity contribution in [1.29, 1.82) is 0 Å². The molecule has 2 aromatic heterocycles. The number of aromatic carboxylic acids is 2. The third-order valence-electron chi connectivity index (χ3n) is 2.30. The van der Waals surface area contributed by atoms with E-state index in [2.05, 4.69) is 0 Å². The van der Waals surface area contributed by atoms with E-state index >= 15 is 0 Å². The van der Waals surface area contributed by atoms with Crippen molar-refractivity contribution in [2.24, 2.45) is 0 Å². The Morgan fingerprint density at radius 3 is 1.44 bits per heavy atom. The van der Waals surface area contributed by atoms with Crippen LogP contribution in [0.3, 0.4) is 0 Å². The summed E-state index contributed by atoms with van der Waals surface area (Å²) in [7, 11) is 0. The van der Waals surface area contributed by atoms with Crippen molar-refractivity contribution in [3.63, 3.8) is 0 Å². The Labute approximate surface area is 98.8 Å². The van der Waals surface area contributed by atoms with Gasteiger partial charge in [0, 0.05) is 9.75 Å². The van der Waals surface area contributed by atoms with E-state index in [4.69, 9.17) is 10.2 Å². The fourth-order valence-electron chi connectivity index (χ4n) is 1.65. The lowest BCUT2D eigenvalue weighted by Crippen LogP contribution is -1.95. The van der Waals surface area contributed by atoms with Crippen LogP contribution >= 0.6 is 22.7 Å². The zero-order valence-electron chi connectivity index (χ0n) is 8.53. The molecule has 84 valence electrons. The van der Waals surface area contributed by atoms with Crippen LogP contribution in [-0.2, 0) is 0 Å². The van der Waals surface area contributed by atoms with Gasteiger partial charge >= 0.3 is 11.9 Å². The third kappa shape index (κ3) is 1.42. The van der Waals surface area contributed by atoms with Crippen LogP contribution in [0.25, 0.3) is 9.40 Å². The molecule has 0 aliphatic rings. The van der Waals surface area contributed by atoms with Gasteiger partial charge in [-0.05, 0) is 13.8 Å². The predicted molar refractivity (Wildman–Crippen MR) is 63.1 cm³/mol. The maximum Gasteiger partial charge on any atom is 0.338 e. The van der Waals surface area contributed by atoms with Crippen LogP contribution in [-0.4, -0.2) is 22.2 Å². The highest BCUT2D eigenvalue weighted by atomic mass is 32.1. The number of aryl methyl sites for hydroxylation is 2. The molecule has 0 radical (unpaired) electrons. The largest absolute Gasteiger partial charge is 0.478 e. The minimum absolute atomic E-state index is 0.237. The van der Waals surface area contributed by atoms with Crippen LogP contribution < -0.4 is 0 Å². The van der Waals surface area contributed by atoms with Gasteiger partial charge in [-0.15, -0.1) is 22.7 Å². The van der Waals surface area contributed by atoms with Gasteiger partial charge in [0.15, 0.2) is 0 Å². The number of thiophene rings is 2. The summed E-state index contributed by atoms with van der Waals surface area (Å²) in [6, 6.07) is 0. The van der Waals surface area contributed by atoms with Crippen LogP contribution in [0, 0.1) is 13.8 Å². The first-order valence-corrected chi connectivity index (χ1v) is 6.05. The van der Waals surface area contributed by atoms with Gasteiger partial charge in [0.1, 0.15) is 0 Å². The predicted octanol–water partition coefficient (Wildman–Crippen LogP) is 2.98. The van der Waals surface area contributed by atoms with Gasteiger partial charge in [0.05, 0.1) is 20.5 Å². The Bertz CT molecular complexity index is 552. The highest BCUT2D eigenvalue weighted by Crippen LogP contribution is 2.40. The number of carboxylic acids is 2. The molecule has 0 bridgehead atoms. The number of rotatable bonds is 2. The number of carbonyl (C=O) groups is 2. The van der Waals surface area contributed by atoms with Crippen LogP contribution in [0.15, 0.2) is 0 Å². The second kappa shape index (κ2) is 3.57. The smallest absolute Gasteiger partial charge is 0.338 e. The van der Waals surface area contributed by atoms with E-state index in [0.717, 1.165) is 0 Å². The number of hydrogen-bond acceptors (Lipinski definition) is 4. The molecule has 2 aromatic rings. The zero-order chi connectivity index (χ0) is 12.0. The molecular formula is C10H8O4S2. The Morgan fingerprint density at radius 2 is 1.19 bits per heavy atom. The number of carboxylic acid groups (broad SMARTS) is 2. The highest BCUT2D eigenvalue weighted by Gasteiger charge is 2.24. The van der Waals surface area contributed by atoms with Crippen LogP contribution in [0.2, 0.25) is 0 Å². The molecule has 2 rings (SSSR count). The molecule has 0 saturated heterocycles. The van der Waals surface area contributed by atoms with E-state index in [1.807, 2.05) is 0 Å². The normalized spacial score (nSPS) is 10.9. The number of hydrogen-bond donors (Lipinski definition) is 2. The van der Waals surface area contributed by atoms with Crippen molar-refractivity contribution < 1.29 is 19.8 Å². The molecule has 16 heavy (non-hydrogen) atoms. The van der Waals surface area contributed by atoms with Crippen LogP contribution in [0.1, 0.15) is 30.5 Å². The van der Waals surface area contributed by atoms with Crippen molar-refractivity contribution in [1.82, 2.24) is 0 Å². The molecular weight excluding hydrogens is 248 g/mol. The van der Waals surface area contributed by atoms with Crippen molar-refractivity contribution >= 4 is 44.0 Å². The Balaban J connectivity index is 2.88. The average Bonchev–Trinajstić information content (AvgIpc) is 2.55. The fraction of sp³-hybridized carbons (Fsp3) is 0.200. The molecule has 2 heterocycles. The molecule has 4 nitrogen and oxygen atoms in total. The first-order chi connectivity index (χ1) is 7.43. The van der Waals surface area contributed by atoms with Gasteiger partial charge in [-0.2, -0.15) is 0 Å². The molecule has 6 heteroatoms. The second-order valence-electron chi connectivity index (χ2n) is 3.34. The molecule has 0 saturated carbocycles. The van der Waals surface area contributed by atoms with Crippen molar-refractivity contribution in [2.75, 3.05) is 0 Å².